The van der Waals surface area contributed by atoms with Gasteiger partial charge in [-0.2, -0.15) is 0 Å². The van der Waals surface area contributed by atoms with Gasteiger partial charge >= 0.3 is 0 Å². The molecule has 0 amide bonds. The van der Waals surface area contributed by atoms with Gasteiger partial charge in [0.05, 0.1) is 11.1 Å². The van der Waals surface area contributed by atoms with Crippen LogP contribution < -0.4 is 4.90 Å². The molecule has 0 atom stereocenters. The molecule has 0 fully saturated rings. The van der Waals surface area contributed by atoms with Crippen LogP contribution in [-0.2, 0) is 5.41 Å². The summed E-state index contributed by atoms with van der Waals surface area (Å²) in [5, 5.41) is 13.2. The molecule has 0 aliphatic heterocycles. The molecule has 10 aromatic carbocycles. The predicted molar refractivity (Wildman–Crippen MR) is 212 cm³/mol. The quantitative estimate of drug-likeness (QED) is 0.135. The fraction of sp³-hybridized carbons (Fsp3) is 0.0204. The molecule has 0 unspecified atom stereocenters. The molecule has 0 saturated heterocycles. The summed E-state index contributed by atoms with van der Waals surface area (Å²) in [6, 6.07) is 69.7. The standard InChI is InChI=1S/C49H31N/c1-5-17-33(18-6-1)49(34-19-7-2-8-20-34)41-29-15-28-40-45(41)47-44-38(37-25-13-16-32-30-31-42(49)46(47)43(32)37)26-14-27-39(44)48(40)50(35-21-9-3-10-22-35)36-23-11-4-12-24-36/h1-31H. The van der Waals surface area contributed by atoms with Crippen molar-refractivity contribution in [3.63, 3.8) is 0 Å². The summed E-state index contributed by atoms with van der Waals surface area (Å²) in [4.78, 5) is 2.48. The van der Waals surface area contributed by atoms with Crippen molar-refractivity contribution in [1.29, 1.82) is 0 Å². The summed E-state index contributed by atoms with van der Waals surface area (Å²) in [5.41, 5.74) is 8.19. The lowest BCUT2D eigenvalue weighted by molar-refractivity contribution is 0.759. The van der Waals surface area contributed by atoms with Crippen LogP contribution in [0.4, 0.5) is 17.1 Å². The Balaban J connectivity index is 1.46. The lowest BCUT2D eigenvalue weighted by Crippen LogP contribution is -2.33. The maximum absolute atomic E-state index is 2.48. The number of fused-ring (bicyclic) bond motifs is 1. The van der Waals surface area contributed by atoms with Gasteiger partial charge in [-0.05, 0) is 84.2 Å². The van der Waals surface area contributed by atoms with Crippen molar-refractivity contribution in [1.82, 2.24) is 0 Å². The third-order valence-corrected chi connectivity index (χ3v) is 11.2. The highest BCUT2D eigenvalue weighted by atomic mass is 15.1. The van der Waals surface area contributed by atoms with E-state index in [2.05, 4.69) is 193 Å². The third kappa shape index (κ3) is 3.46. The van der Waals surface area contributed by atoms with E-state index in [4.69, 9.17) is 0 Å². The molecule has 0 spiro atoms. The monoisotopic (exact) mass is 633 g/mol. The highest BCUT2D eigenvalue weighted by molar-refractivity contribution is 6.42. The molecule has 11 rings (SSSR count). The molecule has 1 aliphatic carbocycles. The summed E-state index contributed by atoms with van der Waals surface area (Å²) < 4.78 is 0. The van der Waals surface area contributed by atoms with Gasteiger partial charge in [0.25, 0.3) is 0 Å². The molecule has 1 aliphatic rings. The predicted octanol–water partition coefficient (Wildman–Crippen LogP) is 13.1. The molecule has 232 valence electrons. The fourth-order valence-electron chi connectivity index (χ4n) is 9.38. The molecule has 0 heterocycles. The lowest BCUT2D eigenvalue weighted by atomic mass is 9.60. The van der Waals surface area contributed by atoms with Crippen LogP contribution >= 0.6 is 0 Å². The number of anilines is 3. The van der Waals surface area contributed by atoms with Gasteiger partial charge in [-0.15, -0.1) is 0 Å². The second-order valence-corrected chi connectivity index (χ2v) is 13.6. The van der Waals surface area contributed by atoms with E-state index >= 15 is 0 Å². The Hall–Kier alpha value is -6.44. The van der Waals surface area contributed by atoms with E-state index in [0.717, 1.165) is 11.4 Å². The van der Waals surface area contributed by atoms with E-state index in [-0.39, 0.29) is 0 Å². The Kier molecular flexibility index (Phi) is 5.66. The number of rotatable bonds is 5. The number of hydrogen-bond acceptors (Lipinski definition) is 1. The first kappa shape index (κ1) is 27.5. The molecule has 0 N–H and O–H groups in total. The molecular weight excluding hydrogens is 603 g/mol. The third-order valence-electron chi connectivity index (χ3n) is 11.2. The van der Waals surface area contributed by atoms with Gasteiger partial charge in [0, 0.05) is 27.5 Å². The highest BCUT2D eigenvalue weighted by Gasteiger charge is 2.44. The first-order valence-corrected chi connectivity index (χ1v) is 17.5. The maximum atomic E-state index is 2.48. The van der Waals surface area contributed by atoms with Crippen LogP contribution in [0, 0.1) is 0 Å². The molecule has 0 saturated carbocycles. The topological polar surface area (TPSA) is 3.24 Å². The molecule has 50 heavy (non-hydrogen) atoms. The molecule has 10 aromatic rings. The number of para-hydroxylation sites is 2. The van der Waals surface area contributed by atoms with E-state index in [1.807, 2.05) is 0 Å². The van der Waals surface area contributed by atoms with Crippen molar-refractivity contribution >= 4 is 70.9 Å². The molecule has 0 aromatic heterocycles. The van der Waals surface area contributed by atoms with Gasteiger partial charge in [-0.25, -0.2) is 0 Å². The van der Waals surface area contributed by atoms with Crippen LogP contribution in [0.2, 0.25) is 0 Å². The Morgan fingerprint density at radius 3 is 1.40 bits per heavy atom. The number of nitrogens with zero attached hydrogens (tertiary/aromatic N) is 1. The Bertz CT molecular complexity index is 2820. The summed E-state index contributed by atoms with van der Waals surface area (Å²) in [6.45, 7) is 0. The Labute approximate surface area is 290 Å². The van der Waals surface area contributed by atoms with Crippen LogP contribution in [-0.4, -0.2) is 0 Å². The van der Waals surface area contributed by atoms with E-state index in [9.17, 15) is 0 Å². The second-order valence-electron chi connectivity index (χ2n) is 13.6. The van der Waals surface area contributed by atoms with Gasteiger partial charge in [0.2, 0.25) is 0 Å². The van der Waals surface area contributed by atoms with Crippen molar-refractivity contribution in [2.24, 2.45) is 0 Å². The van der Waals surface area contributed by atoms with Crippen molar-refractivity contribution in [2.75, 3.05) is 4.90 Å². The van der Waals surface area contributed by atoms with Gasteiger partial charge in [-0.3, -0.25) is 0 Å². The molecular formula is C49H31N. The first-order chi connectivity index (χ1) is 24.9. The summed E-state index contributed by atoms with van der Waals surface area (Å²) in [6.07, 6.45) is 0. The smallest absolute Gasteiger partial charge is 0.0714 e. The van der Waals surface area contributed by atoms with Gasteiger partial charge in [0.15, 0.2) is 0 Å². The zero-order valence-electron chi connectivity index (χ0n) is 27.3. The van der Waals surface area contributed by atoms with Crippen LogP contribution in [0.3, 0.4) is 0 Å². The van der Waals surface area contributed by atoms with Crippen LogP contribution in [0.25, 0.3) is 53.9 Å². The van der Waals surface area contributed by atoms with Crippen molar-refractivity contribution in [2.45, 2.75) is 5.41 Å². The van der Waals surface area contributed by atoms with Crippen molar-refractivity contribution in [3.05, 3.63) is 210 Å². The van der Waals surface area contributed by atoms with E-state index in [1.165, 1.54) is 81.8 Å². The zero-order valence-corrected chi connectivity index (χ0v) is 27.3. The van der Waals surface area contributed by atoms with E-state index in [0.29, 0.717) is 0 Å². The number of benzene rings is 10. The average molecular weight is 634 g/mol. The lowest BCUT2D eigenvalue weighted by Gasteiger charge is -2.42. The average Bonchev–Trinajstić information content (AvgIpc) is 3.20. The van der Waals surface area contributed by atoms with Gasteiger partial charge in [-0.1, -0.05) is 164 Å². The molecule has 0 bridgehead atoms. The summed E-state index contributed by atoms with van der Waals surface area (Å²) in [7, 11) is 0. The highest BCUT2D eigenvalue weighted by Crippen LogP contribution is 2.60. The number of hydrogen-bond donors (Lipinski definition) is 0. The summed E-state index contributed by atoms with van der Waals surface area (Å²) in [5.74, 6) is 0. The molecule has 0 radical (unpaired) electrons. The van der Waals surface area contributed by atoms with E-state index < -0.39 is 5.41 Å². The fourth-order valence-corrected chi connectivity index (χ4v) is 9.38. The largest absolute Gasteiger partial charge is 0.309 e. The molecule has 1 nitrogen and oxygen atoms in total. The Morgan fingerprint density at radius 2 is 0.780 bits per heavy atom. The minimum atomic E-state index is -0.535. The van der Waals surface area contributed by atoms with Gasteiger partial charge < -0.3 is 4.90 Å². The molecule has 1 heteroatoms. The van der Waals surface area contributed by atoms with Crippen molar-refractivity contribution in [3.8, 4) is 0 Å². The zero-order chi connectivity index (χ0) is 32.8. The van der Waals surface area contributed by atoms with Gasteiger partial charge in [0.1, 0.15) is 0 Å². The van der Waals surface area contributed by atoms with E-state index in [1.54, 1.807) is 0 Å². The van der Waals surface area contributed by atoms with Crippen LogP contribution in [0.15, 0.2) is 188 Å². The minimum Gasteiger partial charge on any atom is -0.309 e. The Morgan fingerprint density at radius 1 is 0.300 bits per heavy atom. The normalized spacial score (nSPS) is 13.4. The first-order valence-electron chi connectivity index (χ1n) is 17.5. The van der Waals surface area contributed by atoms with Crippen molar-refractivity contribution < 1.29 is 0 Å². The SMILES string of the molecule is c1ccc(N(c2ccccc2)c2c3cccc4c3c3c5c(ccc6cccc(c7cccc2c73)c65)C4(c2ccccc2)c2ccccc2)cc1. The summed E-state index contributed by atoms with van der Waals surface area (Å²) >= 11 is 0. The minimum absolute atomic E-state index is 0.535. The maximum Gasteiger partial charge on any atom is 0.0714 e. The second kappa shape index (κ2) is 10.3. The van der Waals surface area contributed by atoms with Crippen LogP contribution in [0.1, 0.15) is 22.3 Å². The van der Waals surface area contributed by atoms with Crippen LogP contribution in [0.5, 0.6) is 0 Å².